The average Bonchev–Trinajstić information content (AvgIpc) is 3.79. The van der Waals surface area contributed by atoms with Gasteiger partial charge in [0, 0.05) is 37.3 Å². The molecule has 14 nitrogen and oxygen atoms in total. The zero-order valence-electron chi connectivity index (χ0n) is 27.8. The number of H-pyrrole nitrogens is 2. The summed E-state index contributed by atoms with van der Waals surface area (Å²) in [5, 5.41) is 13.4. The second kappa shape index (κ2) is 15.5. The van der Waals surface area contributed by atoms with Gasteiger partial charge in [-0.1, -0.05) is 42.5 Å². The van der Waals surface area contributed by atoms with Crippen molar-refractivity contribution in [2.75, 3.05) is 48.5 Å². The van der Waals surface area contributed by atoms with E-state index in [1.807, 2.05) is 41.3 Å². The molecule has 0 spiro atoms. The highest BCUT2D eigenvalue weighted by molar-refractivity contribution is 7.40. The number of carbonyl (C=O) groups excluding carboxylic acids is 2. The summed E-state index contributed by atoms with van der Waals surface area (Å²) >= 11 is 0. The van der Waals surface area contributed by atoms with E-state index in [9.17, 15) is 27.7 Å². The lowest BCUT2D eigenvalue weighted by atomic mass is 10.1. The molecule has 4 aromatic carbocycles. The summed E-state index contributed by atoms with van der Waals surface area (Å²) < 4.78 is 56.6. The molecule has 0 radical (unpaired) electrons. The van der Waals surface area contributed by atoms with E-state index in [-0.39, 0.29) is 36.9 Å². The molecule has 274 valence electrons. The van der Waals surface area contributed by atoms with Crippen LogP contribution < -0.4 is 15.5 Å². The van der Waals surface area contributed by atoms with E-state index in [2.05, 4.69) is 30.8 Å². The summed E-state index contributed by atoms with van der Waals surface area (Å²) in [6, 6.07) is 22.9. The summed E-state index contributed by atoms with van der Waals surface area (Å²) in [5.74, 6) is -0.391. The molecule has 6 aromatic rings. The number of aromatic nitrogens is 4. The van der Waals surface area contributed by atoms with Gasteiger partial charge in [0.1, 0.15) is 0 Å². The van der Waals surface area contributed by atoms with Gasteiger partial charge in [-0.05, 0) is 48.0 Å². The molecule has 1 aliphatic rings. The van der Waals surface area contributed by atoms with Crippen LogP contribution >= 0.6 is 8.60 Å². The maximum absolute atomic E-state index is 13.9. The van der Waals surface area contributed by atoms with E-state index in [4.69, 9.17) is 13.8 Å². The third kappa shape index (κ3) is 8.50. The number of halogens is 3. The molecular formula is C35H32F3N8O6P. The number of rotatable bonds is 11. The van der Waals surface area contributed by atoms with Crippen molar-refractivity contribution in [3.8, 4) is 0 Å². The Balaban J connectivity index is 1.05. The van der Waals surface area contributed by atoms with Gasteiger partial charge in [-0.3, -0.25) is 14.4 Å². The van der Waals surface area contributed by atoms with E-state index < -0.39 is 39.1 Å². The Labute approximate surface area is 300 Å². The molecule has 2 aromatic heterocycles. The van der Waals surface area contributed by atoms with Crippen LogP contribution in [0.5, 0.6) is 0 Å². The number of piperazine rings is 1. The molecule has 0 saturated carbocycles. The highest BCUT2D eigenvalue weighted by atomic mass is 31.2. The van der Waals surface area contributed by atoms with Crippen LogP contribution in [0.15, 0.2) is 91.1 Å². The summed E-state index contributed by atoms with van der Waals surface area (Å²) in [6.45, 7) is 0.700. The van der Waals surface area contributed by atoms with Gasteiger partial charge in [-0.15, -0.1) is 0 Å². The first kappa shape index (κ1) is 35.7. The second-order valence-corrected chi connectivity index (χ2v) is 12.9. The van der Waals surface area contributed by atoms with Crippen molar-refractivity contribution in [1.29, 1.82) is 0 Å². The summed E-state index contributed by atoms with van der Waals surface area (Å²) in [4.78, 5) is 47.5. The average molecular weight is 749 g/mol. The van der Waals surface area contributed by atoms with Crippen LogP contribution in [0.3, 0.4) is 0 Å². The Hall–Kier alpha value is -5.74. The minimum absolute atomic E-state index is 0.0525. The molecule has 1 fully saturated rings. The molecule has 3 heterocycles. The van der Waals surface area contributed by atoms with Crippen LogP contribution in [-0.2, 0) is 26.6 Å². The maximum atomic E-state index is 13.9. The minimum atomic E-state index is -4.59. The molecule has 0 bridgehead atoms. The number of alkyl halides is 3. The number of ether oxygens (including phenoxy) is 1. The van der Waals surface area contributed by atoms with Crippen LogP contribution in [0.1, 0.15) is 21.5 Å². The van der Waals surface area contributed by atoms with Crippen molar-refractivity contribution in [3.05, 3.63) is 108 Å². The van der Waals surface area contributed by atoms with Gasteiger partial charge in [0.2, 0.25) is 12.7 Å². The summed E-state index contributed by atoms with van der Waals surface area (Å²) in [6.07, 6.45) is -3.58. The molecule has 18 heteroatoms. The number of hydrogen-bond acceptors (Lipinski definition) is 10. The van der Waals surface area contributed by atoms with Crippen LogP contribution in [-0.4, -0.2) is 74.9 Å². The fraction of sp³-hybridized carbons (Fsp3) is 0.200. The van der Waals surface area contributed by atoms with Crippen LogP contribution in [0.2, 0.25) is 0 Å². The topological polar surface area (TPSA) is 170 Å². The molecule has 0 aliphatic carbocycles. The Morgan fingerprint density at radius 1 is 0.925 bits per heavy atom. The highest BCUT2D eigenvalue weighted by Gasteiger charge is 2.33. The molecule has 1 atom stereocenters. The number of nitrogens with one attached hydrogen (secondary N) is 4. The number of nitrogens with zero attached hydrogens (tertiary/aromatic N) is 4. The quantitative estimate of drug-likeness (QED) is 0.0679. The zero-order chi connectivity index (χ0) is 37.0. The smallest absolute Gasteiger partial charge is 0.418 e. The fourth-order valence-electron chi connectivity index (χ4n) is 5.81. The van der Waals surface area contributed by atoms with Crippen molar-refractivity contribution in [2.45, 2.75) is 12.8 Å². The van der Waals surface area contributed by atoms with Crippen molar-refractivity contribution in [3.63, 3.8) is 0 Å². The highest BCUT2D eigenvalue weighted by Crippen LogP contribution is 2.37. The zero-order valence-corrected chi connectivity index (χ0v) is 28.7. The molecule has 1 saturated heterocycles. The number of carbonyl (C=O) groups is 2. The SMILES string of the molecule is O=C(Nc1ccc2cn[nH]c2c1)c1cc2[nH]c(Nc3ccccc3C(F)(F)F)nc2cc1N1CCN(C(=O)OCOP(O)OCc2ccccc2)CC1. The van der Waals surface area contributed by atoms with E-state index in [1.165, 1.54) is 23.1 Å². The Morgan fingerprint density at radius 3 is 2.49 bits per heavy atom. The van der Waals surface area contributed by atoms with Gasteiger partial charge in [0.25, 0.3) is 5.91 Å². The Morgan fingerprint density at radius 2 is 1.70 bits per heavy atom. The van der Waals surface area contributed by atoms with Gasteiger partial charge >= 0.3 is 20.9 Å². The monoisotopic (exact) mass is 748 g/mol. The minimum Gasteiger partial charge on any atom is -0.422 e. The molecule has 53 heavy (non-hydrogen) atoms. The van der Waals surface area contributed by atoms with Crippen molar-refractivity contribution in [1.82, 2.24) is 25.1 Å². The molecule has 5 N–H and O–H groups in total. The lowest BCUT2D eigenvalue weighted by Crippen LogP contribution is -2.49. The van der Waals surface area contributed by atoms with E-state index in [1.54, 1.807) is 30.5 Å². The van der Waals surface area contributed by atoms with Crippen LogP contribution in [0, 0.1) is 0 Å². The lowest BCUT2D eigenvalue weighted by Gasteiger charge is -2.36. The Kier molecular flexibility index (Phi) is 10.4. The fourth-order valence-corrected chi connectivity index (χ4v) is 6.29. The molecule has 2 amide bonds. The van der Waals surface area contributed by atoms with E-state index >= 15 is 0 Å². The molecule has 1 aliphatic heterocycles. The maximum Gasteiger partial charge on any atom is 0.418 e. The number of hydrogen-bond donors (Lipinski definition) is 5. The second-order valence-electron chi connectivity index (χ2n) is 11.9. The van der Waals surface area contributed by atoms with E-state index in [0.717, 1.165) is 22.5 Å². The van der Waals surface area contributed by atoms with Gasteiger partial charge in [-0.25, -0.2) is 9.78 Å². The van der Waals surface area contributed by atoms with E-state index in [0.29, 0.717) is 35.5 Å². The predicted octanol–water partition coefficient (Wildman–Crippen LogP) is 7.12. The van der Waals surface area contributed by atoms with Crippen LogP contribution in [0.25, 0.3) is 21.9 Å². The number of fused-ring (bicyclic) bond motifs is 2. The first-order valence-electron chi connectivity index (χ1n) is 16.3. The van der Waals surface area contributed by atoms with Gasteiger partial charge in [0.15, 0.2) is 0 Å². The first-order chi connectivity index (χ1) is 25.6. The Bertz CT molecular complexity index is 2230. The van der Waals surface area contributed by atoms with Crippen LogP contribution in [0.4, 0.5) is 41.0 Å². The van der Waals surface area contributed by atoms with Crippen molar-refractivity contribution in [2.24, 2.45) is 0 Å². The van der Waals surface area contributed by atoms with Gasteiger partial charge < -0.3 is 39.6 Å². The first-order valence-corrected chi connectivity index (χ1v) is 17.4. The van der Waals surface area contributed by atoms with Gasteiger partial charge in [-0.2, -0.15) is 18.3 Å². The number of amides is 2. The summed E-state index contributed by atoms with van der Waals surface area (Å²) in [5.41, 5.74) is 2.63. The lowest BCUT2D eigenvalue weighted by molar-refractivity contribution is -0.136. The van der Waals surface area contributed by atoms with Gasteiger partial charge in [0.05, 0.1) is 51.9 Å². The number of benzene rings is 4. The number of aromatic amines is 2. The standard InChI is InChI=1S/C35H32F3N8O6P/c36-35(37,38)26-8-4-5-9-27(26)41-33-42-29-17-25(32(47)40-24-11-10-23-19-39-44-28(23)16-24)31(18-30(29)43-33)45-12-14-46(15-13-45)34(48)50-21-52-53(49)51-20-22-6-2-1-3-7-22/h1-11,16-19,49H,12-15,20-21H2,(H,39,44)(H,40,47)(H2,41,42,43). The molecule has 1 unspecified atom stereocenters. The molecular weight excluding hydrogens is 716 g/mol. The number of imidazole rings is 1. The number of anilines is 4. The van der Waals surface area contributed by atoms with Crippen molar-refractivity contribution < 1.29 is 41.4 Å². The normalized spacial score (nSPS) is 14.0. The van der Waals surface area contributed by atoms with Crippen molar-refractivity contribution >= 4 is 65.5 Å². The third-order valence-electron chi connectivity index (χ3n) is 8.44. The third-order valence-corrected chi connectivity index (χ3v) is 9.11. The summed E-state index contributed by atoms with van der Waals surface area (Å²) in [7, 11) is -2.27. The predicted molar refractivity (Wildman–Crippen MR) is 191 cm³/mol. The largest absolute Gasteiger partial charge is 0.422 e. The molecule has 7 rings (SSSR count). The number of para-hydroxylation sites is 1.